The standard InChI is InChI=1S/C20H27NO3.C2H6/c1-11-9-15(23-4)19-20-7-8-21(2)13(16(11)20)10-12-5-6-14(22-3)18(24-19)17(12)20;1-2/h5-6,11,13,15-16,19H,7-10H2,1-4H3;1-2H3/t11?,13?,15?,16?,19-,20?;/m0./s1. The van der Waals surface area contributed by atoms with Crippen LogP contribution in [0.4, 0.5) is 0 Å². The van der Waals surface area contributed by atoms with Gasteiger partial charge in [0.05, 0.1) is 13.2 Å². The number of hydrogen-bond acceptors (Lipinski definition) is 4. The van der Waals surface area contributed by atoms with Crippen LogP contribution in [-0.4, -0.2) is 51.0 Å². The van der Waals surface area contributed by atoms with Crippen LogP contribution < -0.4 is 9.47 Å². The fraction of sp³-hybridized carbons (Fsp3) is 0.727. The normalized spacial score (nSPS) is 39.4. The maximum absolute atomic E-state index is 6.62. The van der Waals surface area contributed by atoms with Gasteiger partial charge >= 0.3 is 0 Å². The molecule has 1 saturated heterocycles. The van der Waals surface area contributed by atoms with Crippen molar-refractivity contribution >= 4 is 0 Å². The van der Waals surface area contributed by atoms with Gasteiger partial charge in [0.15, 0.2) is 11.5 Å². The Hall–Kier alpha value is -1.26. The van der Waals surface area contributed by atoms with Gasteiger partial charge in [-0.25, -0.2) is 0 Å². The van der Waals surface area contributed by atoms with Crippen molar-refractivity contribution in [3.8, 4) is 11.5 Å². The SMILES string of the molecule is CC.COc1ccc2c3c1O[C@H]1C(OC)CC(C)C4C(C2)N(C)CCC341. The number of likely N-dealkylation sites (N-methyl/N-ethyl adjacent to an activating group) is 1. The Morgan fingerprint density at radius 3 is 2.69 bits per heavy atom. The first-order valence-corrected chi connectivity index (χ1v) is 10.2. The number of methoxy groups -OCH3 is 2. The summed E-state index contributed by atoms with van der Waals surface area (Å²) in [7, 11) is 5.89. The summed E-state index contributed by atoms with van der Waals surface area (Å²) in [4.78, 5) is 2.59. The van der Waals surface area contributed by atoms with E-state index in [1.807, 2.05) is 21.0 Å². The fourth-order valence-corrected chi connectivity index (χ4v) is 6.53. The van der Waals surface area contributed by atoms with E-state index < -0.39 is 0 Å². The van der Waals surface area contributed by atoms with Crippen molar-refractivity contribution in [2.45, 2.75) is 63.7 Å². The topological polar surface area (TPSA) is 30.9 Å². The molecule has 2 bridgehead atoms. The molecule has 1 aromatic rings. The number of nitrogens with zero attached hydrogens (tertiary/aromatic N) is 1. The Kier molecular flexibility index (Phi) is 4.47. The predicted octanol–water partition coefficient (Wildman–Crippen LogP) is 3.65. The number of piperidine rings is 1. The lowest BCUT2D eigenvalue weighted by Gasteiger charge is -2.60. The average Bonchev–Trinajstić information content (AvgIpc) is 3.01. The van der Waals surface area contributed by atoms with Gasteiger partial charge in [0, 0.05) is 24.1 Å². The zero-order chi connectivity index (χ0) is 18.6. The highest BCUT2D eigenvalue weighted by Crippen LogP contribution is 2.65. The minimum absolute atomic E-state index is 0.104. The highest BCUT2D eigenvalue weighted by molar-refractivity contribution is 5.61. The van der Waals surface area contributed by atoms with Crippen LogP contribution in [-0.2, 0) is 16.6 Å². The van der Waals surface area contributed by atoms with Gasteiger partial charge in [-0.1, -0.05) is 26.8 Å². The Bertz CT molecular complexity index is 690. The van der Waals surface area contributed by atoms with E-state index in [2.05, 4.69) is 31.0 Å². The van der Waals surface area contributed by atoms with E-state index in [1.165, 1.54) is 11.1 Å². The van der Waals surface area contributed by atoms with Crippen molar-refractivity contribution in [3.05, 3.63) is 23.3 Å². The Balaban J connectivity index is 0.000000814. The Morgan fingerprint density at radius 2 is 2.00 bits per heavy atom. The van der Waals surface area contributed by atoms with Gasteiger partial charge in [-0.2, -0.15) is 0 Å². The molecule has 2 aliphatic carbocycles. The molecular formula is C22H33NO3. The molecule has 2 fully saturated rings. The molecule has 0 radical (unpaired) electrons. The molecule has 6 atom stereocenters. The third-order valence-corrected chi connectivity index (χ3v) is 7.39. The lowest BCUT2D eigenvalue weighted by atomic mass is 9.49. The zero-order valence-electron chi connectivity index (χ0n) is 17.0. The summed E-state index contributed by atoms with van der Waals surface area (Å²) >= 11 is 0. The predicted molar refractivity (Wildman–Crippen MR) is 103 cm³/mol. The quantitative estimate of drug-likeness (QED) is 0.806. The van der Waals surface area contributed by atoms with Crippen molar-refractivity contribution in [1.29, 1.82) is 0 Å². The first kappa shape index (κ1) is 18.1. The summed E-state index contributed by atoms with van der Waals surface area (Å²) < 4.78 is 18.2. The van der Waals surface area contributed by atoms with Crippen molar-refractivity contribution in [2.75, 3.05) is 27.8 Å². The van der Waals surface area contributed by atoms with Gasteiger partial charge in [0.2, 0.25) is 0 Å². The molecule has 2 aliphatic heterocycles. The van der Waals surface area contributed by atoms with Crippen LogP contribution in [0.15, 0.2) is 12.1 Å². The van der Waals surface area contributed by atoms with Gasteiger partial charge in [0.25, 0.3) is 0 Å². The van der Waals surface area contributed by atoms with Gasteiger partial charge < -0.3 is 19.1 Å². The molecule has 4 heteroatoms. The second-order valence-corrected chi connectivity index (χ2v) is 8.22. The maximum atomic E-state index is 6.62. The number of benzene rings is 1. The van der Waals surface area contributed by atoms with E-state index in [1.54, 1.807) is 7.11 Å². The van der Waals surface area contributed by atoms with E-state index in [0.717, 1.165) is 37.3 Å². The molecule has 144 valence electrons. The summed E-state index contributed by atoms with van der Waals surface area (Å²) in [5, 5.41) is 0. The van der Waals surface area contributed by atoms with Gasteiger partial charge in [-0.3, -0.25) is 0 Å². The molecule has 26 heavy (non-hydrogen) atoms. The molecule has 2 heterocycles. The zero-order valence-corrected chi connectivity index (χ0v) is 17.0. The van der Waals surface area contributed by atoms with Crippen molar-refractivity contribution in [2.24, 2.45) is 11.8 Å². The minimum Gasteiger partial charge on any atom is -0.493 e. The first-order valence-electron chi connectivity index (χ1n) is 10.2. The van der Waals surface area contributed by atoms with E-state index in [9.17, 15) is 0 Å². The monoisotopic (exact) mass is 359 g/mol. The second kappa shape index (κ2) is 6.42. The van der Waals surface area contributed by atoms with Gasteiger partial charge in [-0.15, -0.1) is 0 Å². The van der Waals surface area contributed by atoms with Crippen LogP contribution >= 0.6 is 0 Å². The van der Waals surface area contributed by atoms with Crippen LogP contribution in [0.1, 0.15) is 44.7 Å². The van der Waals surface area contributed by atoms with Crippen LogP contribution in [0.3, 0.4) is 0 Å². The number of hydrogen-bond donors (Lipinski definition) is 0. The largest absolute Gasteiger partial charge is 0.493 e. The van der Waals surface area contributed by atoms with Gasteiger partial charge in [-0.05, 0) is 56.3 Å². The average molecular weight is 360 g/mol. The lowest BCUT2D eigenvalue weighted by molar-refractivity contribution is -0.132. The maximum Gasteiger partial charge on any atom is 0.165 e. The van der Waals surface area contributed by atoms with Crippen LogP contribution in [0.25, 0.3) is 0 Å². The summed E-state index contributed by atoms with van der Waals surface area (Å²) in [5.41, 5.74) is 3.02. The van der Waals surface area contributed by atoms with E-state index in [4.69, 9.17) is 14.2 Å². The Morgan fingerprint density at radius 1 is 1.23 bits per heavy atom. The van der Waals surface area contributed by atoms with Crippen molar-refractivity contribution in [1.82, 2.24) is 4.90 Å². The number of rotatable bonds is 2. The lowest BCUT2D eigenvalue weighted by Crippen LogP contribution is -2.68. The smallest absolute Gasteiger partial charge is 0.165 e. The van der Waals surface area contributed by atoms with Crippen LogP contribution in [0.2, 0.25) is 0 Å². The molecule has 5 unspecified atom stereocenters. The molecule has 1 saturated carbocycles. The summed E-state index contributed by atoms with van der Waals surface area (Å²) in [6.07, 6.45) is 3.68. The minimum atomic E-state index is 0.104. The molecule has 0 aromatic heterocycles. The molecule has 1 spiro atoms. The summed E-state index contributed by atoms with van der Waals surface area (Å²) in [6, 6.07) is 4.97. The molecular weight excluding hydrogens is 326 g/mol. The van der Waals surface area contributed by atoms with Crippen LogP contribution in [0, 0.1) is 11.8 Å². The van der Waals surface area contributed by atoms with Crippen molar-refractivity contribution in [3.63, 3.8) is 0 Å². The highest BCUT2D eigenvalue weighted by atomic mass is 16.6. The fourth-order valence-electron chi connectivity index (χ4n) is 6.53. The molecule has 0 N–H and O–H groups in total. The second-order valence-electron chi connectivity index (χ2n) is 8.22. The van der Waals surface area contributed by atoms with Gasteiger partial charge in [0.1, 0.15) is 6.10 Å². The highest BCUT2D eigenvalue weighted by Gasteiger charge is 2.67. The van der Waals surface area contributed by atoms with E-state index in [0.29, 0.717) is 17.9 Å². The summed E-state index contributed by atoms with van der Waals surface area (Å²) in [6.45, 7) is 7.56. The van der Waals surface area contributed by atoms with E-state index >= 15 is 0 Å². The van der Waals surface area contributed by atoms with Crippen LogP contribution in [0.5, 0.6) is 11.5 Å². The molecule has 4 nitrogen and oxygen atoms in total. The molecule has 1 aromatic carbocycles. The molecule has 0 amide bonds. The Labute approximate surface area is 157 Å². The molecule has 4 aliphatic rings. The first-order chi connectivity index (χ1) is 12.6. The van der Waals surface area contributed by atoms with Crippen molar-refractivity contribution < 1.29 is 14.2 Å². The number of likely N-dealkylation sites (tertiary alicyclic amines) is 1. The third-order valence-electron chi connectivity index (χ3n) is 7.39. The number of ether oxygens (including phenoxy) is 3. The summed E-state index contributed by atoms with van der Waals surface area (Å²) in [5.74, 6) is 3.18. The third kappa shape index (κ3) is 2.09. The molecule has 5 rings (SSSR count). The van der Waals surface area contributed by atoms with E-state index in [-0.39, 0.29) is 17.6 Å².